The van der Waals surface area contributed by atoms with Crippen molar-refractivity contribution in [3.05, 3.63) is 17.5 Å². The molecule has 2 aromatic rings. The number of nitrogens with zero attached hydrogens (tertiary/aromatic N) is 4. The number of carbonyl (C=O) groups is 1. The largest absolute Gasteiger partial charge is 0.336 e. The van der Waals surface area contributed by atoms with E-state index in [9.17, 15) is 4.79 Å². The average Bonchev–Trinajstić information content (AvgIpc) is 3.31. The van der Waals surface area contributed by atoms with Gasteiger partial charge in [-0.3, -0.25) is 9.36 Å². The lowest BCUT2D eigenvalue weighted by molar-refractivity contribution is -0.135. The number of hydrogen-bond donors (Lipinski definition) is 0. The summed E-state index contributed by atoms with van der Waals surface area (Å²) in [4.78, 5) is 17.0. The van der Waals surface area contributed by atoms with Crippen LogP contribution in [0.15, 0.2) is 22.7 Å². The van der Waals surface area contributed by atoms with Crippen molar-refractivity contribution in [1.29, 1.82) is 0 Å². The van der Waals surface area contributed by atoms with Crippen LogP contribution < -0.4 is 0 Å². The average molecular weight is 445 g/mol. The molecule has 0 aliphatic heterocycles. The highest BCUT2D eigenvalue weighted by atomic mass is 32.2. The molecule has 0 atom stereocenters. The molecule has 0 aromatic carbocycles. The Bertz CT molecular complexity index is 816. The molecule has 3 aliphatic carbocycles. The molecule has 162 valence electrons. The highest BCUT2D eigenvalue weighted by Gasteiger charge is 2.34. The molecule has 0 unspecified atom stereocenters. The SMILES string of the molecule is O=C(CSc1nnc(-c2cccs2)n1C1CC1)N(C1CCCCC1)C1CCCCC1. The van der Waals surface area contributed by atoms with Gasteiger partial charge in [0.2, 0.25) is 5.91 Å². The molecule has 5 nitrogen and oxygen atoms in total. The number of hydrogen-bond acceptors (Lipinski definition) is 5. The van der Waals surface area contributed by atoms with Gasteiger partial charge in [0.1, 0.15) is 0 Å². The molecule has 0 saturated heterocycles. The summed E-state index contributed by atoms with van der Waals surface area (Å²) in [6.07, 6.45) is 14.9. The molecule has 2 heterocycles. The topological polar surface area (TPSA) is 51.0 Å². The van der Waals surface area contributed by atoms with Crippen LogP contribution in [0.2, 0.25) is 0 Å². The molecule has 0 radical (unpaired) electrons. The normalized spacial score (nSPS) is 21.1. The molecule has 3 saturated carbocycles. The first-order chi connectivity index (χ1) is 14.8. The third kappa shape index (κ3) is 4.47. The Morgan fingerprint density at radius 3 is 2.23 bits per heavy atom. The lowest BCUT2D eigenvalue weighted by atomic mass is 9.88. The maximum atomic E-state index is 13.5. The van der Waals surface area contributed by atoms with Gasteiger partial charge in [0.25, 0.3) is 0 Å². The van der Waals surface area contributed by atoms with E-state index in [2.05, 4.69) is 37.2 Å². The highest BCUT2D eigenvalue weighted by molar-refractivity contribution is 7.99. The molecule has 3 aliphatic rings. The molecule has 7 heteroatoms. The van der Waals surface area contributed by atoms with Crippen LogP contribution in [-0.4, -0.2) is 43.4 Å². The minimum atomic E-state index is 0.321. The van der Waals surface area contributed by atoms with E-state index < -0.39 is 0 Å². The van der Waals surface area contributed by atoms with Crippen LogP contribution in [0, 0.1) is 0 Å². The highest BCUT2D eigenvalue weighted by Crippen LogP contribution is 2.42. The number of aromatic nitrogens is 3. The maximum absolute atomic E-state index is 13.5. The Morgan fingerprint density at radius 2 is 1.67 bits per heavy atom. The van der Waals surface area contributed by atoms with Crippen LogP contribution >= 0.6 is 23.1 Å². The minimum absolute atomic E-state index is 0.321. The first-order valence-electron chi connectivity index (χ1n) is 11.7. The van der Waals surface area contributed by atoms with Crippen molar-refractivity contribution >= 4 is 29.0 Å². The van der Waals surface area contributed by atoms with Crippen molar-refractivity contribution in [2.24, 2.45) is 0 Å². The zero-order chi connectivity index (χ0) is 20.3. The second-order valence-corrected chi connectivity index (χ2v) is 10.9. The van der Waals surface area contributed by atoms with E-state index >= 15 is 0 Å². The lowest BCUT2D eigenvalue weighted by Gasteiger charge is -2.41. The second kappa shape index (κ2) is 9.43. The third-order valence-electron chi connectivity index (χ3n) is 6.87. The van der Waals surface area contributed by atoms with Gasteiger partial charge >= 0.3 is 0 Å². The van der Waals surface area contributed by atoms with E-state index in [1.165, 1.54) is 81.9 Å². The summed E-state index contributed by atoms with van der Waals surface area (Å²) in [5.74, 6) is 1.78. The lowest BCUT2D eigenvalue weighted by Crippen LogP contribution is -2.49. The summed E-state index contributed by atoms with van der Waals surface area (Å²) in [5.41, 5.74) is 0. The van der Waals surface area contributed by atoms with E-state index in [-0.39, 0.29) is 0 Å². The van der Waals surface area contributed by atoms with E-state index in [1.54, 1.807) is 23.1 Å². The summed E-state index contributed by atoms with van der Waals surface area (Å²) in [6, 6.07) is 5.59. The molecule has 5 rings (SSSR count). The number of carbonyl (C=O) groups excluding carboxylic acids is 1. The van der Waals surface area contributed by atoms with Crippen LogP contribution in [0.3, 0.4) is 0 Å². The van der Waals surface area contributed by atoms with Gasteiger partial charge in [-0.1, -0.05) is 56.4 Å². The van der Waals surface area contributed by atoms with Crippen molar-refractivity contribution in [3.8, 4) is 10.7 Å². The Kier molecular flexibility index (Phi) is 6.46. The molecule has 2 aromatic heterocycles. The molecule has 30 heavy (non-hydrogen) atoms. The number of amides is 1. The van der Waals surface area contributed by atoms with Gasteiger partial charge in [-0.2, -0.15) is 0 Å². The van der Waals surface area contributed by atoms with Crippen molar-refractivity contribution in [2.75, 3.05) is 5.75 Å². The number of rotatable bonds is 7. The maximum Gasteiger partial charge on any atom is 0.233 e. The zero-order valence-corrected chi connectivity index (χ0v) is 19.3. The smallest absolute Gasteiger partial charge is 0.233 e. The molecule has 0 bridgehead atoms. The van der Waals surface area contributed by atoms with Crippen molar-refractivity contribution in [1.82, 2.24) is 19.7 Å². The molecular weight excluding hydrogens is 412 g/mol. The fourth-order valence-corrected chi connectivity index (χ4v) is 6.82. The predicted molar refractivity (Wildman–Crippen MR) is 123 cm³/mol. The van der Waals surface area contributed by atoms with Crippen molar-refractivity contribution in [3.63, 3.8) is 0 Å². The van der Waals surface area contributed by atoms with Gasteiger partial charge in [0, 0.05) is 18.1 Å². The first-order valence-corrected chi connectivity index (χ1v) is 13.6. The van der Waals surface area contributed by atoms with E-state index in [0.717, 1.165) is 11.0 Å². The van der Waals surface area contributed by atoms with E-state index in [0.29, 0.717) is 29.8 Å². The van der Waals surface area contributed by atoms with Crippen LogP contribution in [0.5, 0.6) is 0 Å². The first kappa shape index (κ1) is 20.6. The zero-order valence-electron chi connectivity index (χ0n) is 17.7. The third-order valence-corrected chi connectivity index (χ3v) is 8.66. The van der Waals surface area contributed by atoms with Gasteiger partial charge in [0.15, 0.2) is 11.0 Å². The molecule has 0 spiro atoms. The molecule has 1 amide bonds. The quantitative estimate of drug-likeness (QED) is 0.497. The van der Waals surface area contributed by atoms with Crippen molar-refractivity contribution in [2.45, 2.75) is 100 Å². The van der Waals surface area contributed by atoms with E-state index in [4.69, 9.17) is 0 Å². The number of thiophene rings is 1. The van der Waals surface area contributed by atoms with Gasteiger partial charge in [-0.25, -0.2) is 0 Å². The molecule has 0 N–H and O–H groups in total. The Labute approximate surface area is 187 Å². The standard InChI is InChI=1S/C23H32N4OS2/c28-21(26(17-8-3-1-4-9-17)18-10-5-2-6-11-18)16-30-23-25-24-22(20-12-7-15-29-20)27(23)19-13-14-19/h7,12,15,17-19H,1-6,8-11,13-14,16H2. The monoisotopic (exact) mass is 444 g/mol. The summed E-state index contributed by atoms with van der Waals surface area (Å²) in [6.45, 7) is 0. The van der Waals surface area contributed by atoms with Gasteiger partial charge < -0.3 is 4.90 Å². The summed E-state index contributed by atoms with van der Waals surface area (Å²) in [7, 11) is 0. The van der Waals surface area contributed by atoms with Crippen LogP contribution in [0.1, 0.15) is 83.1 Å². The minimum Gasteiger partial charge on any atom is -0.336 e. The van der Waals surface area contributed by atoms with Gasteiger partial charge in [-0.05, 0) is 50.0 Å². The fourth-order valence-electron chi connectivity index (χ4n) is 5.24. The van der Waals surface area contributed by atoms with Crippen LogP contribution in [0.25, 0.3) is 10.7 Å². The summed E-state index contributed by atoms with van der Waals surface area (Å²) in [5, 5.41) is 12.0. The summed E-state index contributed by atoms with van der Waals surface area (Å²) >= 11 is 3.31. The molecule has 3 fully saturated rings. The Morgan fingerprint density at radius 1 is 1.00 bits per heavy atom. The summed E-state index contributed by atoms with van der Waals surface area (Å²) < 4.78 is 2.29. The van der Waals surface area contributed by atoms with E-state index in [1.807, 2.05) is 0 Å². The number of thioether (sulfide) groups is 1. The van der Waals surface area contributed by atoms with Crippen LogP contribution in [0.4, 0.5) is 0 Å². The Hall–Kier alpha value is -1.34. The Balaban J connectivity index is 1.31. The van der Waals surface area contributed by atoms with Crippen LogP contribution in [-0.2, 0) is 4.79 Å². The second-order valence-electron chi connectivity index (χ2n) is 9.06. The van der Waals surface area contributed by atoms with Gasteiger partial charge in [0.05, 0.1) is 10.6 Å². The molecular formula is C23H32N4OS2. The van der Waals surface area contributed by atoms with Crippen molar-refractivity contribution < 1.29 is 4.79 Å². The fraction of sp³-hybridized carbons (Fsp3) is 0.696. The van der Waals surface area contributed by atoms with Gasteiger partial charge in [-0.15, -0.1) is 21.5 Å². The predicted octanol–water partition coefficient (Wildman–Crippen LogP) is 5.93.